The molecule has 0 amide bonds. The maximum Gasteiger partial charge on any atom is 0.218 e. The zero-order valence-corrected chi connectivity index (χ0v) is 15.2. The summed E-state index contributed by atoms with van der Waals surface area (Å²) in [4.78, 5) is 12.6. The molecular weight excluding hydrogens is 334 g/mol. The Kier molecular flexibility index (Phi) is 5.35. The Bertz CT molecular complexity index is 821. The molecule has 0 N–H and O–H groups in total. The maximum atomic E-state index is 12.6. The van der Waals surface area contributed by atoms with Crippen LogP contribution in [-0.4, -0.2) is 31.6 Å². The number of aryl methyl sites for hydroxylation is 1. The van der Waals surface area contributed by atoms with Crippen molar-refractivity contribution >= 4 is 15.8 Å². The Labute approximate surface area is 149 Å². The summed E-state index contributed by atoms with van der Waals surface area (Å²) in [7, 11) is -3.33. The molecule has 3 rings (SSSR count). The number of hydrogen-bond acceptors (Lipinski definition) is 3. The van der Waals surface area contributed by atoms with Crippen molar-refractivity contribution in [3.8, 4) is 0 Å². The molecule has 0 aromatic heterocycles. The van der Waals surface area contributed by atoms with Gasteiger partial charge in [-0.3, -0.25) is 4.79 Å². The number of ketones is 1. The number of sulfonamides is 1. The van der Waals surface area contributed by atoms with E-state index in [9.17, 15) is 13.2 Å². The Hall–Kier alpha value is -1.98. The van der Waals surface area contributed by atoms with Crippen molar-refractivity contribution in [2.24, 2.45) is 5.92 Å². The Morgan fingerprint density at radius 2 is 1.60 bits per heavy atom. The first kappa shape index (κ1) is 17.8. The number of nitrogens with zero attached hydrogens (tertiary/aromatic N) is 1. The fraction of sp³-hybridized carbons (Fsp3) is 0.350. The highest BCUT2D eigenvalue weighted by atomic mass is 32.2. The van der Waals surface area contributed by atoms with Gasteiger partial charge in [-0.15, -0.1) is 0 Å². The van der Waals surface area contributed by atoms with Crippen LogP contribution in [0.2, 0.25) is 0 Å². The van der Waals surface area contributed by atoms with Crippen molar-refractivity contribution in [3.05, 3.63) is 71.3 Å². The lowest BCUT2D eigenvalue weighted by atomic mass is 9.89. The van der Waals surface area contributed by atoms with E-state index in [1.807, 2.05) is 61.5 Å². The summed E-state index contributed by atoms with van der Waals surface area (Å²) in [5.74, 6) is 0.0516. The van der Waals surface area contributed by atoms with Crippen molar-refractivity contribution in [3.63, 3.8) is 0 Å². The summed E-state index contributed by atoms with van der Waals surface area (Å²) in [6.07, 6.45) is 1.17. The SMILES string of the molecule is Cc1ccc(C(=O)C2CCN(S(=O)(=O)Cc3ccccc3)CC2)cc1. The average molecular weight is 357 g/mol. The van der Waals surface area contributed by atoms with E-state index >= 15 is 0 Å². The van der Waals surface area contributed by atoms with Crippen LogP contribution in [0.1, 0.15) is 34.3 Å². The van der Waals surface area contributed by atoms with Crippen molar-refractivity contribution in [2.45, 2.75) is 25.5 Å². The topological polar surface area (TPSA) is 54.5 Å². The minimum Gasteiger partial charge on any atom is -0.294 e. The van der Waals surface area contributed by atoms with Crippen LogP contribution in [0.5, 0.6) is 0 Å². The zero-order chi connectivity index (χ0) is 17.9. The van der Waals surface area contributed by atoms with Gasteiger partial charge in [-0.05, 0) is 25.3 Å². The quantitative estimate of drug-likeness (QED) is 0.771. The van der Waals surface area contributed by atoms with Crippen LogP contribution in [0.25, 0.3) is 0 Å². The van der Waals surface area contributed by atoms with Gasteiger partial charge in [-0.2, -0.15) is 0 Å². The largest absolute Gasteiger partial charge is 0.294 e. The normalized spacial score (nSPS) is 16.7. The summed E-state index contributed by atoms with van der Waals surface area (Å²) in [6, 6.07) is 16.8. The first-order chi connectivity index (χ1) is 12.0. The first-order valence-corrected chi connectivity index (χ1v) is 10.2. The number of benzene rings is 2. The summed E-state index contributed by atoms with van der Waals surface area (Å²) in [5.41, 5.74) is 2.63. The second-order valence-electron chi connectivity index (χ2n) is 6.65. The number of carbonyl (C=O) groups excluding carboxylic acids is 1. The van der Waals surface area contributed by atoms with E-state index < -0.39 is 10.0 Å². The highest BCUT2D eigenvalue weighted by Gasteiger charge is 2.31. The van der Waals surface area contributed by atoms with E-state index in [-0.39, 0.29) is 17.5 Å². The summed E-state index contributed by atoms with van der Waals surface area (Å²) < 4.78 is 26.7. The lowest BCUT2D eigenvalue weighted by Gasteiger charge is -2.30. The molecule has 4 nitrogen and oxygen atoms in total. The predicted octanol–water partition coefficient (Wildman–Crippen LogP) is 3.42. The van der Waals surface area contributed by atoms with Gasteiger partial charge < -0.3 is 0 Å². The molecule has 5 heteroatoms. The van der Waals surface area contributed by atoms with Gasteiger partial charge in [-0.1, -0.05) is 60.2 Å². The fourth-order valence-electron chi connectivity index (χ4n) is 3.23. The number of piperidine rings is 1. The molecule has 0 spiro atoms. The van der Waals surface area contributed by atoms with Crippen LogP contribution in [0.4, 0.5) is 0 Å². The van der Waals surface area contributed by atoms with E-state index in [1.54, 1.807) is 0 Å². The van der Waals surface area contributed by atoms with Crippen molar-refractivity contribution < 1.29 is 13.2 Å². The molecule has 25 heavy (non-hydrogen) atoms. The summed E-state index contributed by atoms with van der Waals surface area (Å²) in [5, 5.41) is 0. The lowest BCUT2D eigenvalue weighted by Crippen LogP contribution is -2.40. The second-order valence-corrected chi connectivity index (χ2v) is 8.61. The standard InChI is InChI=1S/C20H23NO3S/c1-16-7-9-18(10-8-16)20(22)19-11-13-21(14-12-19)25(23,24)15-17-5-3-2-4-6-17/h2-10,19H,11-15H2,1H3. The minimum atomic E-state index is -3.33. The van der Waals surface area contributed by atoms with Gasteiger partial charge in [0.15, 0.2) is 5.78 Å². The number of Topliss-reactive ketones (excluding diaryl/α,β-unsaturated/α-hetero) is 1. The zero-order valence-electron chi connectivity index (χ0n) is 14.4. The molecule has 1 heterocycles. The van der Waals surface area contributed by atoms with E-state index in [1.165, 1.54) is 4.31 Å². The number of carbonyl (C=O) groups is 1. The molecule has 0 aliphatic carbocycles. The predicted molar refractivity (Wildman–Crippen MR) is 98.9 cm³/mol. The Morgan fingerprint density at radius 3 is 2.20 bits per heavy atom. The Balaban J connectivity index is 1.61. The highest BCUT2D eigenvalue weighted by molar-refractivity contribution is 7.88. The van der Waals surface area contributed by atoms with Crippen molar-refractivity contribution in [2.75, 3.05) is 13.1 Å². The van der Waals surface area contributed by atoms with Crippen LogP contribution in [0.15, 0.2) is 54.6 Å². The molecule has 0 unspecified atom stereocenters. The molecule has 2 aromatic carbocycles. The van der Waals surface area contributed by atoms with Gasteiger partial charge >= 0.3 is 0 Å². The van der Waals surface area contributed by atoms with E-state index in [4.69, 9.17) is 0 Å². The molecule has 2 aromatic rings. The molecule has 0 saturated carbocycles. The molecule has 1 aliphatic heterocycles. The Morgan fingerprint density at radius 1 is 1.00 bits per heavy atom. The van der Waals surface area contributed by atoms with Gasteiger partial charge in [0.05, 0.1) is 5.75 Å². The third-order valence-corrected chi connectivity index (χ3v) is 6.60. The van der Waals surface area contributed by atoms with Crippen molar-refractivity contribution in [1.29, 1.82) is 0 Å². The van der Waals surface area contributed by atoms with Crippen LogP contribution < -0.4 is 0 Å². The smallest absolute Gasteiger partial charge is 0.218 e. The van der Waals surface area contributed by atoms with Crippen molar-refractivity contribution in [1.82, 2.24) is 4.31 Å². The van der Waals surface area contributed by atoms with Crippen LogP contribution >= 0.6 is 0 Å². The van der Waals surface area contributed by atoms with Gasteiger partial charge in [0.2, 0.25) is 10.0 Å². The second kappa shape index (κ2) is 7.50. The maximum absolute atomic E-state index is 12.6. The highest BCUT2D eigenvalue weighted by Crippen LogP contribution is 2.25. The van der Waals surface area contributed by atoms with Gasteiger partial charge in [0.25, 0.3) is 0 Å². The monoisotopic (exact) mass is 357 g/mol. The molecule has 132 valence electrons. The number of hydrogen-bond donors (Lipinski definition) is 0. The first-order valence-electron chi connectivity index (χ1n) is 8.58. The average Bonchev–Trinajstić information content (AvgIpc) is 2.62. The van der Waals surface area contributed by atoms with Gasteiger partial charge in [0, 0.05) is 24.6 Å². The molecule has 0 bridgehead atoms. The van der Waals surface area contributed by atoms with Gasteiger partial charge in [-0.25, -0.2) is 12.7 Å². The molecular formula is C20H23NO3S. The lowest BCUT2D eigenvalue weighted by molar-refractivity contribution is 0.0875. The molecule has 0 radical (unpaired) electrons. The number of rotatable bonds is 5. The van der Waals surface area contributed by atoms with Crippen LogP contribution in [0, 0.1) is 12.8 Å². The minimum absolute atomic E-state index is 0.0183. The fourth-order valence-corrected chi connectivity index (χ4v) is 4.79. The van der Waals surface area contributed by atoms with Crippen LogP contribution in [-0.2, 0) is 15.8 Å². The summed E-state index contributed by atoms with van der Waals surface area (Å²) >= 11 is 0. The molecule has 1 aliphatic rings. The summed E-state index contributed by atoms with van der Waals surface area (Å²) in [6.45, 7) is 2.82. The molecule has 1 fully saturated rings. The van der Waals surface area contributed by atoms with E-state index in [0.29, 0.717) is 25.9 Å². The third kappa shape index (κ3) is 4.35. The van der Waals surface area contributed by atoms with Crippen LogP contribution in [0.3, 0.4) is 0 Å². The molecule has 0 atom stereocenters. The molecule has 1 saturated heterocycles. The van der Waals surface area contributed by atoms with E-state index in [0.717, 1.165) is 16.7 Å². The third-order valence-electron chi connectivity index (χ3n) is 4.75. The van der Waals surface area contributed by atoms with E-state index in [2.05, 4.69) is 0 Å². The van der Waals surface area contributed by atoms with Gasteiger partial charge in [0.1, 0.15) is 0 Å².